The Kier molecular flexibility index (Phi) is 7.73. The first-order valence-corrected chi connectivity index (χ1v) is 11.3. The van der Waals surface area contributed by atoms with Crippen molar-refractivity contribution in [3.8, 4) is 5.75 Å². The van der Waals surface area contributed by atoms with Crippen molar-refractivity contribution >= 4 is 5.97 Å². The average Bonchev–Trinajstić information content (AvgIpc) is 2.81. The van der Waals surface area contributed by atoms with E-state index in [1.165, 1.54) is 18.2 Å². The summed E-state index contributed by atoms with van der Waals surface area (Å²) in [7, 11) is 0. The van der Waals surface area contributed by atoms with Crippen LogP contribution in [0.15, 0.2) is 66.7 Å². The summed E-state index contributed by atoms with van der Waals surface area (Å²) in [6, 6.07) is 18.2. The highest BCUT2D eigenvalue weighted by atomic mass is 19.4. The fraction of sp³-hybridized carbons (Fsp3) is 0.296. The molecular weight excluding hydrogens is 459 g/mol. The molecule has 35 heavy (non-hydrogen) atoms. The lowest BCUT2D eigenvalue weighted by Gasteiger charge is -2.25. The Bertz CT molecular complexity index is 1180. The summed E-state index contributed by atoms with van der Waals surface area (Å²) in [6.07, 6.45) is -3.96. The number of nitrogens with zero attached hydrogens (tertiary/aromatic N) is 1. The highest BCUT2D eigenvalue weighted by Gasteiger charge is 2.33. The number of alkyl halides is 3. The van der Waals surface area contributed by atoms with Crippen molar-refractivity contribution < 1.29 is 32.5 Å². The van der Waals surface area contributed by atoms with Crippen LogP contribution in [0.25, 0.3) is 0 Å². The SMILES string of the molecule is O=C(O)c1ccc2c(c1)Cc1cccc(c1)CN(Cc1ccccc1C(F)(F)F)CCOCCO2. The van der Waals surface area contributed by atoms with Gasteiger partial charge in [0.15, 0.2) is 0 Å². The van der Waals surface area contributed by atoms with Gasteiger partial charge in [0, 0.05) is 26.1 Å². The summed E-state index contributed by atoms with van der Waals surface area (Å²) >= 11 is 0. The van der Waals surface area contributed by atoms with Crippen molar-refractivity contribution in [3.63, 3.8) is 0 Å². The molecule has 0 atom stereocenters. The van der Waals surface area contributed by atoms with Gasteiger partial charge >= 0.3 is 12.1 Å². The van der Waals surface area contributed by atoms with Crippen molar-refractivity contribution in [1.82, 2.24) is 4.90 Å². The molecule has 0 amide bonds. The van der Waals surface area contributed by atoms with Crippen LogP contribution in [0.2, 0.25) is 0 Å². The molecular formula is C27H26F3NO4. The molecule has 1 aliphatic heterocycles. The van der Waals surface area contributed by atoms with E-state index in [-0.39, 0.29) is 24.3 Å². The van der Waals surface area contributed by atoms with Gasteiger partial charge in [-0.25, -0.2) is 4.79 Å². The highest BCUT2D eigenvalue weighted by Crippen LogP contribution is 2.32. The van der Waals surface area contributed by atoms with E-state index in [1.54, 1.807) is 18.2 Å². The number of rotatable bonds is 3. The largest absolute Gasteiger partial charge is 0.491 e. The highest BCUT2D eigenvalue weighted by molar-refractivity contribution is 5.88. The van der Waals surface area contributed by atoms with Crippen molar-refractivity contribution in [2.75, 3.05) is 26.4 Å². The maximum atomic E-state index is 13.5. The molecule has 5 nitrogen and oxygen atoms in total. The van der Waals surface area contributed by atoms with E-state index >= 15 is 0 Å². The lowest BCUT2D eigenvalue weighted by molar-refractivity contribution is -0.138. The van der Waals surface area contributed by atoms with Crippen LogP contribution >= 0.6 is 0 Å². The Morgan fingerprint density at radius 3 is 2.54 bits per heavy atom. The quantitative estimate of drug-likeness (QED) is 0.538. The number of benzene rings is 3. The Morgan fingerprint density at radius 1 is 0.943 bits per heavy atom. The lowest BCUT2D eigenvalue weighted by atomic mass is 9.99. The minimum Gasteiger partial charge on any atom is -0.491 e. The van der Waals surface area contributed by atoms with Crippen LogP contribution < -0.4 is 4.74 Å². The third-order valence-corrected chi connectivity index (χ3v) is 5.85. The zero-order chi connectivity index (χ0) is 24.8. The molecule has 0 fully saturated rings. The monoisotopic (exact) mass is 485 g/mol. The van der Waals surface area contributed by atoms with E-state index in [0.29, 0.717) is 38.5 Å². The Labute approximate surface area is 201 Å². The van der Waals surface area contributed by atoms with E-state index in [2.05, 4.69) is 0 Å². The zero-order valence-electron chi connectivity index (χ0n) is 19.1. The summed E-state index contributed by atoms with van der Waals surface area (Å²) in [4.78, 5) is 13.4. The molecule has 0 aliphatic carbocycles. The number of ether oxygens (including phenoxy) is 2. The predicted octanol–water partition coefficient (Wildman–Crippen LogP) is 5.41. The Hall–Kier alpha value is -3.36. The molecule has 4 rings (SSSR count). The van der Waals surface area contributed by atoms with E-state index in [1.807, 2.05) is 29.2 Å². The topological polar surface area (TPSA) is 59.0 Å². The summed E-state index contributed by atoms with van der Waals surface area (Å²) in [5, 5.41) is 9.39. The molecule has 0 unspecified atom stereocenters. The van der Waals surface area contributed by atoms with Crippen LogP contribution in [0.1, 0.15) is 38.2 Å². The number of aromatic carboxylic acids is 1. The number of carbonyl (C=O) groups is 1. The number of fused-ring (bicyclic) bond motifs is 3. The van der Waals surface area contributed by atoms with Gasteiger partial charge in [0.25, 0.3) is 0 Å². The van der Waals surface area contributed by atoms with Crippen molar-refractivity contribution in [3.05, 3.63) is 100 Å². The number of hydrogen-bond acceptors (Lipinski definition) is 4. The van der Waals surface area contributed by atoms with Gasteiger partial charge in [-0.3, -0.25) is 4.90 Å². The number of carboxylic acid groups (broad SMARTS) is 1. The maximum absolute atomic E-state index is 13.5. The van der Waals surface area contributed by atoms with E-state index in [4.69, 9.17) is 9.47 Å². The standard InChI is InChI=1S/C27H26F3NO4/c28-27(29,30)24-7-2-1-6-22(24)18-31-10-11-34-12-13-35-25-9-8-21(26(32)33)16-23(25)15-19-4-3-5-20(14-19)17-31/h1-9,14,16H,10-13,15,17-18H2,(H,32,33). The van der Waals surface area contributed by atoms with Crippen molar-refractivity contribution in [2.45, 2.75) is 25.7 Å². The molecule has 0 aromatic heterocycles. The fourth-order valence-electron chi connectivity index (χ4n) is 4.20. The maximum Gasteiger partial charge on any atom is 0.416 e. The van der Waals surface area contributed by atoms with Crippen LogP contribution in [0.3, 0.4) is 0 Å². The molecule has 1 heterocycles. The molecule has 0 spiro atoms. The summed E-state index contributed by atoms with van der Waals surface area (Å²) in [5.74, 6) is -0.412. The minimum atomic E-state index is -4.42. The van der Waals surface area contributed by atoms with Gasteiger partial charge in [-0.05, 0) is 46.5 Å². The number of hydrogen-bond donors (Lipinski definition) is 1. The first-order valence-electron chi connectivity index (χ1n) is 11.3. The molecule has 3 aromatic rings. The summed E-state index contributed by atoms with van der Waals surface area (Å²) < 4.78 is 52.1. The first kappa shape index (κ1) is 24.8. The second-order valence-electron chi connectivity index (χ2n) is 8.45. The molecule has 0 radical (unpaired) electrons. The van der Waals surface area contributed by atoms with Gasteiger partial charge in [0.05, 0.1) is 24.3 Å². The van der Waals surface area contributed by atoms with Gasteiger partial charge in [-0.1, -0.05) is 42.5 Å². The van der Waals surface area contributed by atoms with Crippen LogP contribution in [-0.2, 0) is 30.4 Å². The summed E-state index contributed by atoms with van der Waals surface area (Å²) in [6.45, 7) is 1.94. The van der Waals surface area contributed by atoms with Gasteiger partial charge in [-0.2, -0.15) is 13.2 Å². The normalized spacial score (nSPS) is 15.5. The summed E-state index contributed by atoms with van der Waals surface area (Å²) in [5.41, 5.74) is 2.41. The van der Waals surface area contributed by atoms with E-state index in [9.17, 15) is 23.1 Å². The molecule has 0 saturated heterocycles. The lowest BCUT2D eigenvalue weighted by Crippen LogP contribution is -2.28. The molecule has 0 saturated carbocycles. The Morgan fingerprint density at radius 2 is 1.74 bits per heavy atom. The third-order valence-electron chi connectivity index (χ3n) is 5.85. The van der Waals surface area contributed by atoms with Crippen LogP contribution in [0, 0.1) is 0 Å². The van der Waals surface area contributed by atoms with Crippen molar-refractivity contribution in [1.29, 1.82) is 0 Å². The average molecular weight is 486 g/mol. The molecule has 8 heteroatoms. The third kappa shape index (κ3) is 6.61. The second kappa shape index (κ2) is 10.9. The van der Waals surface area contributed by atoms with Crippen LogP contribution in [0.5, 0.6) is 5.75 Å². The van der Waals surface area contributed by atoms with Crippen LogP contribution in [-0.4, -0.2) is 42.3 Å². The Balaban J connectivity index is 1.62. The van der Waals surface area contributed by atoms with E-state index < -0.39 is 17.7 Å². The first-order chi connectivity index (χ1) is 16.8. The van der Waals surface area contributed by atoms with E-state index in [0.717, 1.165) is 22.8 Å². The predicted molar refractivity (Wildman–Crippen MR) is 125 cm³/mol. The van der Waals surface area contributed by atoms with Gasteiger partial charge in [-0.15, -0.1) is 0 Å². The smallest absolute Gasteiger partial charge is 0.416 e. The number of carboxylic acids is 1. The van der Waals surface area contributed by atoms with Crippen molar-refractivity contribution in [2.24, 2.45) is 0 Å². The fourth-order valence-corrected chi connectivity index (χ4v) is 4.20. The second-order valence-corrected chi connectivity index (χ2v) is 8.45. The minimum absolute atomic E-state index is 0.130. The number of halogens is 3. The molecule has 1 aliphatic rings. The van der Waals surface area contributed by atoms with Gasteiger partial charge in [0.2, 0.25) is 0 Å². The van der Waals surface area contributed by atoms with Gasteiger partial charge in [0.1, 0.15) is 12.4 Å². The molecule has 3 aromatic carbocycles. The van der Waals surface area contributed by atoms with Gasteiger partial charge < -0.3 is 14.6 Å². The molecule has 1 N–H and O–H groups in total. The van der Waals surface area contributed by atoms with Crippen LogP contribution in [0.4, 0.5) is 13.2 Å². The molecule has 2 bridgehead atoms. The zero-order valence-corrected chi connectivity index (χ0v) is 19.1. The molecule has 184 valence electrons.